The fourth-order valence-corrected chi connectivity index (χ4v) is 3.11. The van der Waals surface area contributed by atoms with Gasteiger partial charge in [0.25, 0.3) is 5.91 Å². The van der Waals surface area contributed by atoms with Gasteiger partial charge in [0, 0.05) is 18.3 Å². The number of carbonyl (C=O) groups excluding carboxylic acids is 2. The number of aryl methyl sites for hydroxylation is 2. The molecule has 2 N–H and O–H groups in total. The molecule has 0 radical (unpaired) electrons. The van der Waals surface area contributed by atoms with Crippen molar-refractivity contribution in [2.24, 2.45) is 0 Å². The lowest BCUT2D eigenvalue weighted by Gasteiger charge is -2.06. The number of carbonyl (C=O) groups is 2. The van der Waals surface area contributed by atoms with Gasteiger partial charge in [0.1, 0.15) is 5.69 Å². The quantitative estimate of drug-likeness (QED) is 0.650. The van der Waals surface area contributed by atoms with Crippen molar-refractivity contribution in [3.63, 3.8) is 0 Å². The molecule has 6 nitrogen and oxygen atoms in total. The summed E-state index contributed by atoms with van der Waals surface area (Å²) < 4.78 is 1.72. The maximum absolute atomic E-state index is 12.9. The number of aromatic nitrogens is 2. The van der Waals surface area contributed by atoms with Gasteiger partial charge in [-0.3, -0.25) is 9.59 Å². The normalized spacial score (nSPS) is 10.6. The Balaban J connectivity index is 1.99. The predicted molar refractivity (Wildman–Crippen MR) is 114 cm³/mol. The van der Waals surface area contributed by atoms with Gasteiger partial charge in [-0.15, -0.1) is 0 Å². The summed E-state index contributed by atoms with van der Waals surface area (Å²) in [6, 6.07) is 15.9. The Bertz CT molecular complexity index is 1010. The molecule has 1 heterocycles. The van der Waals surface area contributed by atoms with Gasteiger partial charge in [0.05, 0.1) is 17.8 Å². The van der Waals surface area contributed by atoms with Crippen LogP contribution in [-0.2, 0) is 11.2 Å². The number of para-hydroxylation sites is 1. The number of nitrogens with zero attached hydrogens (tertiary/aromatic N) is 2. The average molecular weight is 390 g/mol. The molecule has 0 saturated heterocycles. The Morgan fingerprint density at radius 1 is 1.00 bits per heavy atom. The van der Waals surface area contributed by atoms with E-state index in [9.17, 15) is 9.59 Å². The third-order valence-corrected chi connectivity index (χ3v) is 4.74. The lowest BCUT2D eigenvalue weighted by Crippen LogP contribution is -2.36. The van der Waals surface area contributed by atoms with Gasteiger partial charge in [-0.25, -0.2) is 4.68 Å². The maximum Gasteiger partial charge on any atom is 0.255 e. The molecule has 0 unspecified atom stereocenters. The molecule has 150 valence electrons. The van der Waals surface area contributed by atoms with E-state index in [2.05, 4.69) is 17.6 Å². The third kappa shape index (κ3) is 4.71. The Hall–Kier alpha value is -3.41. The van der Waals surface area contributed by atoms with Crippen molar-refractivity contribution in [3.05, 3.63) is 71.4 Å². The summed E-state index contributed by atoms with van der Waals surface area (Å²) in [5, 5.41) is 10.1. The Morgan fingerprint density at radius 3 is 2.38 bits per heavy atom. The highest BCUT2D eigenvalue weighted by Crippen LogP contribution is 2.25. The van der Waals surface area contributed by atoms with Crippen LogP contribution in [0.5, 0.6) is 0 Å². The molecule has 3 rings (SSSR count). The first-order valence-corrected chi connectivity index (χ1v) is 9.83. The summed E-state index contributed by atoms with van der Waals surface area (Å²) in [6.07, 6.45) is 2.66. The fraction of sp³-hybridized carbons (Fsp3) is 0.261. The van der Waals surface area contributed by atoms with E-state index < -0.39 is 0 Å². The smallest absolute Gasteiger partial charge is 0.255 e. The minimum atomic E-state index is -0.328. The van der Waals surface area contributed by atoms with Gasteiger partial charge in [-0.05, 0) is 37.5 Å². The second-order valence-corrected chi connectivity index (χ2v) is 6.81. The molecule has 6 heteroatoms. The number of hydrogen-bond acceptors (Lipinski definition) is 3. The van der Waals surface area contributed by atoms with Crippen LogP contribution in [0.4, 0.5) is 0 Å². The van der Waals surface area contributed by atoms with Gasteiger partial charge in [-0.2, -0.15) is 5.10 Å². The molecule has 0 spiro atoms. The average Bonchev–Trinajstić information content (AvgIpc) is 3.18. The summed E-state index contributed by atoms with van der Waals surface area (Å²) in [4.78, 5) is 24.6. The minimum absolute atomic E-state index is 0.0730. The van der Waals surface area contributed by atoms with Crippen LogP contribution in [0.25, 0.3) is 16.9 Å². The molecule has 0 saturated carbocycles. The first-order chi connectivity index (χ1) is 14.0. The van der Waals surface area contributed by atoms with Crippen LogP contribution in [0.2, 0.25) is 0 Å². The van der Waals surface area contributed by atoms with Crippen LogP contribution in [0.3, 0.4) is 0 Å². The highest BCUT2D eigenvalue weighted by molar-refractivity contribution is 6.01. The number of nitrogens with one attached hydrogen (secondary N) is 2. The first kappa shape index (κ1) is 20.3. The van der Waals surface area contributed by atoms with Crippen LogP contribution in [0.1, 0.15) is 35.3 Å². The zero-order chi connectivity index (χ0) is 20.8. The SMILES string of the molecule is CCNC(=O)CNC(=O)c1cn(-c2ccccc2C)nc1-c1ccc(CC)cc1. The molecule has 29 heavy (non-hydrogen) atoms. The topological polar surface area (TPSA) is 76.0 Å². The standard InChI is InChI=1S/C23H26N4O2/c1-4-17-10-12-18(13-11-17)22-19(23(29)25-14-21(28)24-5-2)15-27(26-22)20-9-7-6-8-16(20)3/h6-13,15H,4-5,14H2,1-3H3,(H,24,28)(H,25,29). The first-order valence-electron chi connectivity index (χ1n) is 9.83. The third-order valence-electron chi connectivity index (χ3n) is 4.74. The van der Waals surface area contributed by atoms with E-state index in [1.54, 1.807) is 10.9 Å². The van der Waals surface area contributed by atoms with Crippen molar-refractivity contribution in [1.82, 2.24) is 20.4 Å². The van der Waals surface area contributed by atoms with Crippen LogP contribution in [0.15, 0.2) is 54.7 Å². The molecule has 0 aliphatic carbocycles. The van der Waals surface area contributed by atoms with E-state index >= 15 is 0 Å². The largest absolute Gasteiger partial charge is 0.355 e. The second kappa shape index (κ2) is 9.19. The maximum atomic E-state index is 12.9. The van der Waals surface area contributed by atoms with Gasteiger partial charge < -0.3 is 10.6 Å². The molecule has 3 aromatic rings. The van der Waals surface area contributed by atoms with Crippen LogP contribution in [-0.4, -0.2) is 34.7 Å². The van der Waals surface area contributed by atoms with Crippen molar-refractivity contribution in [2.45, 2.75) is 27.2 Å². The molecular weight excluding hydrogens is 364 g/mol. The van der Waals surface area contributed by atoms with E-state index in [0.717, 1.165) is 23.2 Å². The predicted octanol–water partition coefficient (Wildman–Crippen LogP) is 3.28. The van der Waals surface area contributed by atoms with Gasteiger partial charge in [0.2, 0.25) is 5.91 Å². The number of amides is 2. The lowest BCUT2D eigenvalue weighted by molar-refractivity contribution is -0.120. The summed E-state index contributed by atoms with van der Waals surface area (Å²) in [6.45, 7) is 6.39. The van der Waals surface area contributed by atoms with Gasteiger partial charge in [-0.1, -0.05) is 49.4 Å². The molecule has 2 amide bonds. The Labute approximate surface area is 170 Å². The molecule has 0 aliphatic heterocycles. The zero-order valence-corrected chi connectivity index (χ0v) is 17.0. The number of rotatable bonds is 7. The van der Waals surface area contributed by atoms with Crippen LogP contribution >= 0.6 is 0 Å². The number of hydrogen-bond donors (Lipinski definition) is 2. The summed E-state index contributed by atoms with van der Waals surface area (Å²) in [7, 11) is 0. The van der Waals surface area contributed by atoms with Crippen molar-refractivity contribution in [1.29, 1.82) is 0 Å². The van der Waals surface area contributed by atoms with E-state index in [4.69, 9.17) is 5.10 Å². The number of benzene rings is 2. The Kier molecular flexibility index (Phi) is 6.44. The monoisotopic (exact) mass is 390 g/mol. The van der Waals surface area contributed by atoms with Crippen molar-refractivity contribution in [3.8, 4) is 16.9 Å². The highest BCUT2D eigenvalue weighted by Gasteiger charge is 2.19. The van der Waals surface area contributed by atoms with Gasteiger partial charge in [0.15, 0.2) is 0 Å². The lowest BCUT2D eigenvalue weighted by atomic mass is 10.0. The highest BCUT2D eigenvalue weighted by atomic mass is 16.2. The molecule has 0 atom stereocenters. The van der Waals surface area contributed by atoms with Crippen molar-refractivity contribution >= 4 is 11.8 Å². The molecule has 0 bridgehead atoms. The Morgan fingerprint density at radius 2 is 1.72 bits per heavy atom. The van der Waals surface area contributed by atoms with Crippen LogP contribution in [0, 0.1) is 6.92 Å². The molecule has 1 aromatic heterocycles. The molecular formula is C23H26N4O2. The minimum Gasteiger partial charge on any atom is -0.355 e. The molecule has 0 fully saturated rings. The zero-order valence-electron chi connectivity index (χ0n) is 17.0. The summed E-state index contributed by atoms with van der Waals surface area (Å²) in [5.74, 6) is -0.549. The summed E-state index contributed by atoms with van der Waals surface area (Å²) >= 11 is 0. The molecule has 0 aliphatic rings. The van der Waals surface area contributed by atoms with E-state index in [0.29, 0.717) is 17.8 Å². The fourth-order valence-electron chi connectivity index (χ4n) is 3.11. The summed E-state index contributed by atoms with van der Waals surface area (Å²) in [5.41, 5.74) is 5.05. The van der Waals surface area contributed by atoms with Crippen LogP contribution < -0.4 is 10.6 Å². The number of likely N-dealkylation sites (N-methyl/N-ethyl adjacent to an activating group) is 1. The van der Waals surface area contributed by atoms with Crippen molar-refractivity contribution in [2.75, 3.05) is 13.1 Å². The molecule has 2 aromatic carbocycles. The second-order valence-electron chi connectivity index (χ2n) is 6.81. The van der Waals surface area contributed by atoms with E-state index in [-0.39, 0.29) is 18.4 Å². The van der Waals surface area contributed by atoms with Gasteiger partial charge >= 0.3 is 0 Å². The van der Waals surface area contributed by atoms with E-state index in [1.165, 1.54) is 5.56 Å². The van der Waals surface area contributed by atoms with Crippen molar-refractivity contribution < 1.29 is 9.59 Å². The van der Waals surface area contributed by atoms with E-state index in [1.807, 2.05) is 62.4 Å².